The Labute approximate surface area is 123 Å². The average molecular weight is 287 g/mol. The lowest BCUT2D eigenvalue weighted by Crippen LogP contribution is -2.36. The maximum atomic E-state index is 12.0. The van der Waals surface area contributed by atoms with E-state index in [-0.39, 0.29) is 18.9 Å². The van der Waals surface area contributed by atoms with Crippen LogP contribution in [-0.2, 0) is 9.59 Å². The van der Waals surface area contributed by atoms with E-state index in [1.165, 1.54) is 0 Å². The number of amides is 1. The molecule has 0 saturated heterocycles. The van der Waals surface area contributed by atoms with Crippen LogP contribution in [0, 0.1) is 11.3 Å². The van der Waals surface area contributed by atoms with Crippen molar-refractivity contribution in [3.63, 3.8) is 0 Å². The number of anilines is 1. The molecule has 0 unspecified atom stereocenters. The molecule has 0 spiro atoms. The van der Waals surface area contributed by atoms with Crippen LogP contribution in [0.15, 0.2) is 24.3 Å². The van der Waals surface area contributed by atoms with Crippen molar-refractivity contribution in [2.24, 2.45) is 0 Å². The Kier molecular flexibility index (Phi) is 4.90. The molecule has 0 aromatic heterocycles. The first kappa shape index (κ1) is 15.0. The fourth-order valence-corrected chi connectivity index (χ4v) is 2.12. The number of aliphatic carboxylic acids is 1. The summed E-state index contributed by atoms with van der Waals surface area (Å²) in [7, 11) is 0. The SMILES string of the molecule is N#Cc1cccc(NC(=O)CN(CCC(=O)O)C2CC2)c1. The lowest BCUT2D eigenvalue weighted by atomic mass is 10.2. The van der Waals surface area contributed by atoms with Crippen LogP contribution in [0.3, 0.4) is 0 Å². The van der Waals surface area contributed by atoms with Gasteiger partial charge in [-0.15, -0.1) is 0 Å². The molecule has 0 atom stereocenters. The Morgan fingerprint density at radius 3 is 2.81 bits per heavy atom. The summed E-state index contributed by atoms with van der Waals surface area (Å²) < 4.78 is 0. The molecule has 6 nitrogen and oxygen atoms in total. The standard InChI is InChI=1S/C15H17N3O3/c16-9-11-2-1-3-12(8-11)17-14(19)10-18(13-4-5-13)7-6-15(20)21/h1-3,8,13H,4-7,10H2,(H,17,19)(H,20,21). The number of carbonyl (C=O) groups is 2. The van der Waals surface area contributed by atoms with Crippen LogP contribution in [0.4, 0.5) is 5.69 Å². The number of benzene rings is 1. The zero-order valence-electron chi connectivity index (χ0n) is 11.6. The first-order valence-electron chi connectivity index (χ1n) is 6.84. The molecule has 0 aliphatic heterocycles. The van der Waals surface area contributed by atoms with Crippen molar-refractivity contribution in [3.8, 4) is 6.07 Å². The molecule has 1 aromatic carbocycles. The van der Waals surface area contributed by atoms with E-state index in [0.29, 0.717) is 23.8 Å². The average Bonchev–Trinajstić information content (AvgIpc) is 3.28. The minimum absolute atomic E-state index is 0.0354. The molecular weight excluding hydrogens is 270 g/mol. The predicted octanol–water partition coefficient (Wildman–Crippen LogP) is 1.44. The number of carboxylic acids is 1. The molecule has 0 heterocycles. The lowest BCUT2D eigenvalue weighted by Gasteiger charge is -2.20. The molecule has 1 aromatic rings. The second kappa shape index (κ2) is 6.86. The van der Waals surface area contributed by atoms with E-state index < -0.39 is 5.97 Å². The maximum absolute atomic E-state index is 12.0. The Balaban J connectivity index is 1.89. The van der Waals surface area contributed by atoms with Crippen molar-refractivity contribution >= 4 is 17.6 Å². The van der Waals surface area contributed by atoms with Crippen molar-refractivity contribution in [1.82, 2.24) is 4.90 Å². The number of nitrogens with zero attached hydrogens (tertiary/aromatic N) is 2. The van der Waals surface area contributed by atoms with Gasteiger partial charge in [-0.05, 0) is 31.0 Å². The molecule has 1 amide bonds. The van der Waals surface area contributed by atoms with Gasteiger partial charge in [0.05, 0.1) is 24.6 Å². The van der Waals surface area contributed by atoms with Gasteiger partial charge in [0.1, 0.15) is 0 Å². The second-order valence-corrected chi connectivity index (χ2v) is 5.09. The van der Waals surface area contributed by atoms with Gasteiger partial charge in [-0.3, -0.25) is 14.5 Å². The number of hydrogen-bond donors (Lipinski definition) is 2. The topological polar surface area (TPSA) is 93.4 Å². The van der Waals surface area contributed by atoms with Crippen LogP contribution in [0.1, 0.15) is 24.8 Å². The number of carbonyl (C=O) groups excluding carboxylic acids is 1. The molecule has 21 heavy (non-hydrogen) atoms. The van der Waals surface area contributed by atoms with Gasteiger partial charge in [-0.1, -0.05) is 6.07 Å². The Hall–Kier alpha value is -2.39. The van der Waals surface area contributed by atoms with Crippen LogP contribution >= 0.6 is 0 Å². The summed E-state index contributed by atoms with van der Waals surface area (Å²) in [5, 5.41) is 20.3. The summed E-state index contributed by atoms with van der Waals surface area (Å²) in [6.07, 6.45) is 2.06. The predicted molar refractivity (Wildman–Crippen MR) is 76.6 cm³/mol. The van der Waals surface area contributed by atoms with Gasteiger partial charge in [0, 0.05) is 18.3 Å². The largest absolute Gasteiger partial charge is 0.481 e. The molecule has 1 saturated carbocycles. The Morgan fingerprint density at radius 2 is 2.19 bits per heavy atom. The minimum atomic E-state index is -0.859. The van der Waals surface area contributed by atoms with Crippen molar-refractivity contribution in [2.75, 3.05) is 18.4 Å². The zero-order chi connectivity index (χ0) is 15.2. The van der Waals surface area contributed by atoms with Gasteiger partial charge in [-0.2, -0.15) is 5.26 Å². The fraction of sp³-hybridized carbons (Fsp3) is 0.400. The third kappa shape index (κ3) is 4.89. The molecule has 2 rings (SSSR count). The van der Waals surface area contributed by atoms with Gasteiger partial charge < -0.3 is 10.4 Å². The highest BCUT2D eigenvalue weighted by atomic mass is 16.4. The van der Waals surface area contributed by atoms with Crippen LogP contribution < -0.4 is 5.32 Å². The monoisotopic (exact) mass is 287 g/mol. The number of hydrogen-bond acceptors (Lipinski definition) is 4. The van der Waals surface area contributed by atoms with Crippen LogP contribution in [0.25, 0.3) is 0 Å². The second-order valence-electron chi connectivity index (χ2n) is 5.09. The molecular formula is C15H17N3O3. The van der Waals surface area contributed by atoms with Gasteiger partial charge >= 0.3 is 5.97 Å². The van der Waals surface area contributed by atoms with E-state index in [1.54, 1.807) is 24.3 Å². The Bertz CT molecular complexity index is 576. The molecule has 0 radical (unpaired) electrons. The summed E-state index contributed by atoms with van der Waals surface area (Å²) in [5.74, 6) is -1.05. The van der Waals surface area contributed by atoms with Crippen molar-refractivity contribution in [1.29, 1.82) is 5.26 Å². The number of carboxylic acid groups (broad SMARTS) is 1. The van der Waals surface area contributed by atoms with Gasteiger partial charge in [0.15, 0.2) is 0 Å². The Morgan fingerprint density at radius 1 is 1.43 bits per heavy atom. The molecule has 6 heteroatoms. The summed E-state index contributed by atoms with van der Waals surface area (Å²) >= 11 is 0. The normalized spacial score (nSPS) is 13.7. The number of rotatable bonds is 7. The molecule has 1 aliphatic carbocycles. The molecule has 0 bridgehead atoms. The minimum Gasteiger partial charge on any atom is -0.481 e. The first-order valence-corrected chi connectivity index (χ1v) is 6.84. The van der Waals surface area contributed by atoms with E-state index >= 15 is 0 Å². The summed E-state index contributed by atoms with van der Waals surface area (Å²) in [4.78, 5) is 24.6. The van der Waals surface area contributed by atoms with Gasteiger partial charge in [0.25, 0.3) is 0 Å². The highest BCUT2D eigenvalue weighted by Crippen LogP contribution is 2.26. The third-order valence-electron chi connectivity index (χ3n) is 3.30. The molecule has 1 fully saturated rings. The number of nitrogens with one attached hydrogen (secondary N) is 1. The number of nitriles is 1. The van der Waals surface area contributed by atoms with E-state index in [4.69, 9.17) is 10.4 Å². The summed E-state index contributed by atoms with van der Waals surface area (Å²) in [6, 6.07) is 9.03. The van der Waals surface area contributed by atoms with Crippen LogP contribution in [-0.4, -0.2) is 41.0 Å². The smallest absolute Gasteiger partial charge is 0.304 e. The summed E-state index contributed by atoms with van der Waals surface area (Å²) in [5.41, 5.74) is 1.06. The molecule has 2 N–H and O–H groups in total. The third-order valence-corrected chi connectivity index (χ3v) is 3.30. The molecule has 1 aliphatic rings. The van der Waals surface area contributed by atoms with Crippen LogP contribution in [0.5, 0.6) is 0 Å². The van der Waals surface area contributed by atoms with Crippen LogP contribution in [0.2, 0.25) is 0 Å². The van der Waals surface area contributed by atoms with E-state index in [1.807, 2.05) is 11.0 Å². The van der Waals surface area contributed by atoms with E-state index in [0.717, 1.165) is 12.8 Å². The highest BCUT2D eigenvalue weighted by molar-refractivity contribution is 5.92. The van der Waals surface area contributed by atoms with Crippen molar-refractivity contribution in [2.45, 2.75) is 25.3 Å². The van der Waals surface area contributed by atoms with Crippen molar-refractivity contribution in [3.05, 3.63) is 29.8 Å². The van der Waals surface area contributed by atoms with E-state index in [2.05, 4.69) is 5.32 Å². The molecule has 110 valence electrons. The maximum Gasteiger partial charge on any atom is 0.304 e. The lowest BCUT2D eigenvalue weighted by molar-refractivity contribution is -0.137. The van der Waals surface area contributed by atoms with E-state index in [9.17, 15) is 9.59 Å². The van der Waals surface area contributed by atoms with Gasteiger partial charge in [-0.25, -0.2) is 0 Å². The highest BCUT2D eigenvalue weighted by Gasteiger charge is 2.30. The zero-order valence-corrected chi connectivity index (χ0v) is 11.6. The van der Waals surface area contributed by atoms with Gasteiger partial charge in [0.2, 0.25) is 5.91 Å². The first-order chi connectivity index (χ1) is 10.1. The van der Waals surface area contributed by atoms with Crippen molar-refractivity contribution < 1.29 is 14.7 Å². The summed E-state index contributed by atoms with van der Waals surface area (Å²) in [6.45, 7) is 0.556. The quantitative estimate of drug-likeness (QED) is 0.791. The fourth-order valence-electron chi connectivity index (χ4n) is 2.12.